The third-order valence-electron chi connectivity index (χ3n) is 11.1. The number of aromatic nitrogens is 2. The van der Waals surface area contributed by atoms with E-state index in [1.54, 1.807) is 38.5 Å². The molecule has 11 nitrogen and oxygen atoms in total. The summed E-state index contributed by atoms with van der Waals surface area (Å²) >= 11 is 2.02. The zero-order valence-corrected chi connectivity index (χ0v) is 33.7. The van der Waals surface area contributed by atoms with Crippen LogP contribution in [0.5, 0.6) is 0 Å². The van der Waals surface area contributed by atoms with Crippen molar-refractivity contribution in [2.24, 2.45) is 11.3 Å². The summed E-state index contributed by atoms with van der Waals surface area (Å²) in [6.07, 6.45) is 4.87. The average Bonchev–Trinajstić information content (AvgIpc) is 3.67. The van der Waals surface area contributed by atoms with Crippen LogP contribution in [0.2, 0.25) is 0 Å². The van der Waals surface area contributed by atoms with Gasteiger partial charge >= 0.3 is 0 Å². The van der Waals surface area contributed by atoms with Crippen LogP contribution in [0.25, 0.3) is 0 Å². The Morgan fingerprint density at radius 3 is 2.29 bits per heavy atom. The van der Waals surface area contributed by atoms with Crippen LogP contribution in [0.4, 0.5) is 14.5 Å². The minimum atomic E-state index is -2.00. The molecule has 2 aliphatic carbocycles. The molecular formula is C36H50F2IN7O4Si. The molecule has 2 heterocycles. The van der Waals surface area contributed by atoms with Crippen LogP contribution in [0.3, 0.4) is 0 Å². The number of benzene rings is 1. The third-order valence-corrected chi connectivity index (χ3v) is 13.1. The summed E-state index contributed by atoms with van der Waals surface area (Å²) in [5.74, 6) is -2.45. The molecule has 51 heavy (non-hydrogen) atoms. The Bertz CT molecular complexity index is 1670. The van der Waals surface area contributed by atoms with E-state index in [0.29, 0.717) is 62.7 Å². The van der Waals surface area contributed by atoms with E-state index < -0.39 is 50.1 Å². The van der Waals surface area contributed by atoms with Gasteiger partial charge in [0.1, 0.15) is 23.6 Å². The number of nitrogens with zero attached hydrogens (tertiary/aromatic N) is 4. The summed E-state index contributed by atoms with van der Waals surface area (Å²) in [5, 5.41) is 13.7. The van der Waals surface area contributed by atoms with Crippen LogP contribution in [0.15, 0.2) is 30.5 Å². The number of hydrogen-bond acceptors (Lipinski definition) is 6. The highest BCUT2D eigenvalue weighted by Crippen LogP contribution is 2.44. The lowest BCUT2D eigenvalue weighted by molar-refractivity contribution is -0.140. The molecule has 3 aliphatic rings. The fraction of sp³-hybridized carbons (Fsp3) is 0.611. The Kier molecular flexibility index (Phi) is 11.9. The van der Waals surface area contributed by atoms with Gasteiger partial charge in [-0.25, -0.2) is 8.78 Å². The third kappa shape index (κ3) is 8.29. The quantitative estimate of drug-likeness (QED) is 0.171. The number of aryl methyl sites for hydroxylation is 1. The maximum absolute atomic E-state index is 16.1. The predicted octanol–water partition coefficient (Wildman–Crippen LogP) is 3.21. The van der Waals surface area contributed by atoms with Gasteiger partial charge in [-0.05, 0) is 106 Å². The number of hydrogen-bond donors (Lipinski definition) is 3. The molecule has 278 valence electrons. The van der Waals surface area contributed by atoms with Crippen molar-refractivity contribution in [3.63, 3.8) is 0 Å². The van der Waals surface area contributed by atoms with Gasteiger partial charge in [-0.2, -0.15) is 5.10 Å². The first-order valence-electron chi connectivity index (χ1n) is 17.8. The topological polar surface area (TPSA) is 129 Å². The fourth-order valence-electron chi connectivity index (χ4n) is 7.20. The Morgan fingerprint density at radius 1 is 1.08 bits per heavy atom. The number of rotatable bonds is 12. The predicted molar refractivity (Wildman–Crippen MR) is 204 cm³/mol. The summed E-state index contributed by atoms with van der Waals surface area (Å²) in [5.41, 5.74) is -2.02. The summed E-state index contributed by atoms with van der Waals surface area (Å²) in [7, 11) is 3.68. The van der Waals surface area contributed by atoms with Crippen LogP contribution < -0.4 is 16.0 Å². The van der Waals surface area contributed by atoms with Gasteiger partial charge in [0.25, 0.3) is 11.8 Å². The van der Waals surface area contributed by atoms with Crippen molar-refractivity contribution in [1.82, 2.24) is 30.2 Å². The van der Waals surface area contributed by atoms with E-state index in [2.05, 4.69) is 32.9 Å². The molecule has 1 aliphatic heterocycles. The minimum Gasteiger partial charge on any atom is -0.340 e. The zero-order valence-electron chi connectivity index (χ0n) is 30.2. The normalized spacial score (nSPS) is 24.1. The number of nitrogens with one attached hydrogen (secondary N) is 3. The number of carbonyl (C=O) groups excluding carboxylic acids is 4. The number of alkyl halides is 2. The first kappa shape index (κ1) is 39.2. The van der Waals surface area contributed by atoms with Gasteiger partial charge in [-0.1, -0.05) is 40.7 Å². The van der Waals surface area contributed by atoms with E-state index >= 15 is 4.39 Å². The number of piperazine rings is 1. The van der Waals surface area contributed by atoms with E-state index in [1.807, 2.05) is 43.5 Å². The second kappa shape index (κ2) is 15.5. The van der Waals surface area contributed by atoms with Gasteiger partial charge in [0.2, 0.25) is 11.8 Å². The molecule has 5 rings (SSSR count). The van der Waals surface area contributed by atoms with Crippen molar-refractivity contribution < 1.29 is 28.0 Å². The summed E-state index contributed by atoms with van der Waals surface area (Å²) in [4.78, 5) is 58.5. The molecule has 0 radical (unpaired) electrons. The first-order valence-corrected chi connectivity index (χ1v) is 19.6. The molecule has 15 heteroatoms. The van der Waals surface area contributed by atoms with Gasteiger partial charge in [0.15, 0.2) is 5.67 Å². The van der Waals surface area contributed by atoms with E-state index in [0.717, 1.165) is 18.0 Å². The summed E-state index contributed by atoms with van der Waals surface area (Å²) in [6, 6.07) is 3.73. The van der Waals surface area contributed by atoms with Crippen LogP contribution in [-0.4, -0.2) is 109 Å². The second-order valence-corrected chi connectivity index (χ2v) is 18.1. The number of carbonyl (C=O) groups is 4. The highest BCUT2D eigenvalue weighted by atomic mass is 127. The molecule has 3 atom stereocenters. The van der Waals surface area contributed by atoms with E-state index in [1.165, 1.54) is 18.3 Å². The van der Waals surface area contributed by atoms with Crippen LogP contribution in [0.1, 0.15) is 82.3 Å². The monoisotopic (exact) mass is 837 g/mol. The molecular weight excluding hydrogens is 787 g/mol. The first-order chi connectivity index (χ1) is 24.0. The lowest BCUT2D eigenvalue weighted by atomic mass is 9.64. The molecule has 4 amide bonds. The highest BCUT2D eigenvalue weighted by Gasteiger charge is 2.54. The van der Waals surface area contributed by atoms with Crippen molar-refractivity contribution >= 4 is 66.9 Å². The summed E-state index contributed by atoms with van der Waals surface area (Å²) in [6.45, 7) is 10.4. The van der Waals surface area contributed by atoms with Crippen molar-refractivity contribution in [3.8, 4) is 0 Å². The van der Waals surface area contributed by atoms with E-state index in [-0.39, 0.29) is 24.4 Å². The van der Waals surface area contributed by atoms with Gasteiger partial charge in [-0.15, -0.1) is 0 Å². The molecule has 1 aromatic heterocycles. The molecule has 1 aromatic carbocycles. The Labute approximate surface area is 315 Å². The smallest absolute Gasteiger partial charge is 0.270 e. The lowest BCUT2D eigenvalue weighted by Crippen LogP contribution is -2.60. The SMILES string of the molecule is CCn1nccc1C(=O)N[C@H](C(=O)Nc1ccc(C(C)(I)[C@@H](NC(=O)C2(F)CC2)C(=O)N2CCN(C)CC2)cc1F)[C@]1(C(C)=[SiH2])CC[C@H](C)CC1. The van der Waals surface area contributed by atoms with Crippen molar-refractivity contribution in [3.05, 3.63) is 47.5 Å². The van der Waals surface area contributed by atoms with Gasteiger partial charge < -0.3 is 25.8 Å². The van der Waals surface area contributed by atoms with Gasteiger partial charge in [0.05, 0.1) is 9.11 Å². The maximum Gasteiger partial charge on any atom is 0.270 e. The molecule has 2 saturated carbocycles. The molecule has 1 unspecified atom stereocenters. The highest BCUT2D eigenvalue weighted by molar-refractivity contribution is 14.1. The Morgan fingerprint density at radius 2 is 1.73 bits per heavy atom. The second-order valence-electron chi connectivity index (χ2n) is 14.8. The van der Waals surface area contributed by atoms with Gasteiger partial charge in [0, 0.05) is 44.3 Å². The largest absolute Gasteiger partial charge is 0.340 e. The average molecular weight is 838 g/mol. The van der Waals surface area contributed by atoms with Gasteiger partial charge in [-0.3, -0.25) is 23.9 Å². The maximum atomic E-state index is 16.1. The van der Waals surface area contributed by atoms with E-state index in [9.17, 15) is 23.6 Å². The molecule has 3 N–H and O–H groups in total. The molecule has 2 aromatic rings. The molecule has 0 spiro atoms. The van der Waals surface area contributed by atoms with Crippen LogP contribution in [0, 0.1) is 17.2 Å². The molecule has 0 bridgehead atoms. The van der Waals surface area contributed by atoms with Crippen molar-refractivity contribution in [1.29, 1.82) is 0 Å². The zero-order chi connectivity index (χ0) is 37.3. The van der Waals surface area contributed by atoms with Crippen LogP contribution >= 0.6 is 22.6 Å². The van der Waals surface area contributed by atoms with Crippen molar-refractivity contribution in [2.45, 2.75) is 93.9 Å². The molecule has 3 fully saturated rings. The minimum absolute atomic E-state index is 0.0870. The number of likely N-dealkylation sites (N-methyl/N-ethyl adjacent to an activating group) is 1. The summed E-state index contributed by atoms with van der Waals surface area (Å²) < 4.78 is 31.3. The number of halogens is 3. The Balaban J connectivity index is 1.42. The Hall–Kier alpha value is -3.05. The fourth-order valence-corrected chi connectivity index (χ4v) is 8.52. The standard InChI is InChI=1S/C36H50F2IN7O4Si/c1-6-46-27(11-16-40-46)30(47)42-28(35(23(3)51)12-9-22(2)10-13-35)31(48)41-26-8-7-24(21-25(26)37)34(4,39)29(43-33(50)36(38)14-15-36)32(49)45-19-17-44(5)18-20-45/h7-8,11,16,21-22,28-29H,6,9-10,12-15,17-20,51H2,1-5H3,(H,41,48)(H,42,47)(H,43,50)/t22-,28-,29+,34?,35+/m1/s1. The number of anilines is 1. The van der Waals surface area contributed by atoms with Crippen LogP contribution in [-0.2, 0) is 24.4 Å². The van der Waals surface area contributed by atoms with Crippen molar-refractivity contribution in [2.75, 3.05) is 38.5 Å². The molecule has 1 saturated heterocycles. The number of amides is 4. The lowest BCUT2D eigenvalue weighted by Gasteiger charge is -2.45. The van der Waals surface area contributed by atoms with E-state index in [4.69, 9.17) is 0 Å².